The molecule has 0 saturated carbocycles. The summed E-state index contributed by atoms with van der Waals surface area (Å²) in [5.41, 5.74) is 3.34. The number of aryl methyl sites for hydroxylation is 1. The smallest absolute Gasteiger partial charge is 0.262 e. The number of amides is 1. The molecular weight excluding hydrogens is 480 g/mol. The zero-order valence-electron chi connectivity index (χ0n) is 17.2. The molecule has 3 aromatic rings. The maximum absolute atomic E-state index is 12.2. The molecule has 160 valence electrons. The first kappa shape index (κ1) is 22.8. The summed E-state index contributed by atoms with van der Waals surface area (Å²) in [4.78, 5) is 16.8. The van der Waals surface area contributed by atoms with Crippen molar-refractivity contribution in [3.8, 4) is 11.5 Å². The molecule has 3 rings (SSSR count). The van der Waals surface area contributed by atoms with Crippen LogP contribution in [0.25, 0.3) is 0 Å². The summed E-state index contributed by atoms with van der Waals surface area (Å²) < 4.78 is 12.2. The van der Waals surface area contributed by atoms with E-state index in [-0.39, 0.29) is 12.5 Å². The van der Waals surface area contributed by atoms with Crippen LogP contribution in [0.15, 0.2) is 70.1 Å². The number of anilines is 1. The Balaban J connectivity index is 1.76. The van der Waals surface area contributed by atoms with Gasteiger partial charge >= 0.3 is 0 Å². The van der Waals surface area contributed by atoms with Gasteiger partial charge in [-0.05, 0) is 77.3 Å². The SMILES string of the molecule is CCOc1cc(C=Nc2cc(Cl)ccc2C)cc(Br)c1OCC(=O)Nc1ccccc1. The molecule has 0 aliphatic rings. The van der Waals surface area contributed by atoms with Crippen molar-refractivity contribution in [1.82, 2.24) is 0 Å². The number of benzene rings is 3. The number of hydrogen-bond acceptors (Lipinski definition) is 4. The molecule has 1 amide bonds. The van der Waals surface area contributed by atoms with E-state index in [0.29, 0.717) is 33.3 Å². The largest absolute Gasteiger partial charge is 0.490 e. The highest BCUT2D eigenvalue weighted by molar-refractivity contribution is 9.10. The van der Waals surface area contributed by atoms with Crippen LogP contribution in [-0.2, 0) is 4.79 Å². The number of nitrogens with one attached hydrogen (secondary N) is 1. The second-order valence-corrected chi connectivity index (χ2v) is 7.95. The first-order valence-corrected chi connectivity index (χ1v) is 10.9. The van der Waals surface area contributed by atoms with E-state index < -0.39 is 0 Å². The van der Waals surface area contributed by atoms with Gasteiger partial charge in [0.2, 0.25) is 0 Å². The maximum atomic E-state index is 12.2. The van der Waals surface area contributed by atoms with Crippen LogP contribution < -0.4 is 14.8 Å². The summed E-state index contributed by atoms with van der Waals surface area (Å²) in [7, 11) is 0. The number of rotatable bonds is 8. The number of ether oxygens (including phenoxy) is 2. The molecule has 0 aliphatic heterocycles. The van der Waals surface area contributed by atoms with Crippen LogP contribution in [0.1, 0.15) is 18.1 Å². The van der Waals surface area contributed by atoms with Crippen molar-refractivity contribution in [3.63, 3.8) is 0 Å². The third kappa shape index (κ3) is 6.57. The predicted octanol–water partition coefficient (Wildman–Crippen LogP) is 6.58. The van der Waals surface area contributed by atoms with Crippen LogP contribution in [0, 0.1) is 6.92 Å². The van der Waals surface area contributed by atoms with E-state index in [1.807, 2.05) is 74.5 Å². The number of halogens is 2. The van der Waals surface area contributed by atoms with Crippen LogP contribution in [0.4, 0.5) is 11.4 Å². The molecule has 7 heteroatoms. The van der Waals surface area contributed by atoms with Gasteiger partial charge in [0.15, 0.2) is 18.1 Å². The fourth-order valence-electron chi connectivity index (χ4n) is 2.79. The van der Waals surface area contributed by atoms with E-state index in [0.717, 1.165) is 16.8 Å². The van der Waals surface area contributed by atoms with Gasteiger partial charge in [-0.2, -0.15) is 0 Å². The average Bonchev–Trinajstić information content (AvgIpc) is 2.74. The Bertz CT molecular complexity index is 1090. The number of hydrogen-bond donors (Lipinski definition) is 1. The summed E-state index contributed by atoms with van der Waals surface area (Å²) >= 11 is 9.59. The van der Waals surface area contributed by atoms with E-state index in [1.54, 1.807) is 6.21 Å². The lowest BCUT2D eigenvalue weighted by Crippen LogP contribution is -2.20. The van der Waals surface area contributed by atoms with Gasteiger partial charge in [0.05, 0.1) is 16.8 Å². The van der Waals surface area contributed by atoms with Crippen molar-refractivity contribution >= 4 is 51.0 Å². The Hall–Kier alpha value is -2.83. The predicted molar refractivity (Wildman–Crippen MR) is 129 cm³/mol. The summed E-state index contributed by atoms with van der Waals surface area (Å²) in [6.45, 7) is 4.16. The number of aliphatic imine (C=N–C) groups is 1. The average molecular weight is 502 g/mol. The summed E-state index contributed by atoms with van der Waals surface area (Å²) in [6.07, 6.45) is 1.73. The van der Waals surface area contributed by atoms with E-state index in [4.69, 9.17) is 21.1 Å². The molecular formula is C24H22BrClN2O3. The lowest BCUT2D eigenvalue weighted by Gasteiger charge is -2.14. The standard InChI is InChI=1S/C24H22BrClN2O3/c1-3-30-22-12-17(14-27-21-13-18(26)10-9-16(21)2)11-20(25)24(22)31-15-23(29)28-19-7-5-4-6-8-19/h4-14H,3,15H2,1-2H3,(H,28,29). The Kier molecular flexibility index (Phi) is 8.09. The number of carbonyl (C=O) groups excluding carboxylic acids is 1. The molecule has 1 N–H and O–H groups in total. The molecule has 31 heavy (non-hydrogen) atoms. The molecule has 0 spiro atoms. The van der Waals surface area contributed by atoms with Crippen molar-refractivity contribution < 1.29 is 14.3 Å². The van der Waals surface area contributed by atoms with E-state index in [2.05, 4.69) is 26.2 Å². The topological polar surface area (TPSA) is 59.9 Å². The monoisotopic (exact) mass is 500 g/mol. The van der Waals surface area contributed by atoms with Crippen LogP contribution in [-0.4, -0.2) is 25.3 Å². The van der Waals surface area contributed by atoms with Crippen molar-refractivity contribution in [2.75, 3.05) is 18.5 Å². The highest BCUT2D eigenvalue weighted by Gasteiger charge is 2.14. The molecule has 0 aliphatic carbocycles. The second kappa shape index (κ2) is 11.0. The molecule has 3 aromatic carbocycles. The second-order valence-electron chi connectivity index (χ2n) is 6.65. The summed E-state index contributed by atoms with van der Waals surface area (Å²) in [6, 6.07) is 18.5. The van der Waals surface area contributed by atoms with Crippen LogP contribution in [0.5, 0.6) is 11.5 Å². The molecule has 0 unspecified atom stereocenters. The fourth-order valence-corrected chi connectivity index (χ4v) is 3.53. The summed E-state index contributed by atoms with van der Waals surface area (Å²) in [5, 5.41) is 3.42. The van der Waals surface area contributed by atoms with Crippen LogP contribution >= 0.6 is 27.5 Å². The fraction of sp³-hybridized carbons (Fsp3) is 0.167. The third-order valence-electron chi connectivity index (χ3n) is 4.26. The quantitative estimate of drug-likeness (QED) is 0.355. The van der Waals surface area contributed by atoms with Gasteiger partial charge in [-0.25, -0.2) is 0 Å². The Labute approximate surface area is 195 Å². The van der Waals surface area contributed by atoms with E-state index in [9.17, 15) is 4.79 Å². The minimum Gasteiger partial charge on any atom is -0.490 e. The van der Waals surface area contributed by atoms with E-state index in [1.165, 1.54) is 0 Å². The van der Waals surface area contributed by atoms with Crippen molar-refractivity contribution in [3.05, 3.63) is 81.3 Å². The van der Waals surface area contributed by atoms with Gasteiger partial charge < -0.3 is 14.8 Å². The Morgan fingerprint density at radius 3 is 2.65 bits per heavy atom. The van der Waals surface area contributed by atoms with Crippen molar-refractivity contribution in [2.24, 2.45) is 4.99 Å². The van der Waals surface area contributed by atoms with Gasteiger partial charge in [-0.3, -0.25) is 9.79 Å². The minimum absolute atomic E-state index is 0.150. The molecule has 0 atom stereocenters. The van der Waals surface area contributed by atoms with Gasteiger partial charge in [-0.15, -0.1) is 0 Å². The highest BCUT2D eigenvalue weighted by Crippen LogP contribution is 2.37. The lowest BCUT2D eigenvalue weighted by molar-refractivity contribution is -0.118. The molecule has 0 saturated heterocycles. The zero-order valence-corrected chi connectivity index (χ0v) is 19.5. The molecule has 0 heterocycles. The maximum Gasteiger partial charge on any atom is 0.262 e. The van der Waals surface area contributed by atoms with Gasteiger partial charge in [0.25, 0.3) is 5.91 Å². The molecule has 0 bridgehead atoms. The summed E-state index contributed by atoms with van der Waals surface area (Å²) in [5.74, 6) is 0.720. The first-order valence-electron chi connectivity index (χ1n) is 9.70. The van der Waals surface area contributed by atoms with Crippen molar-refractivity contribution in [2.45, 2.75) is 13.8 Å². The minimum atomic E-state index is -0.261. The third-order valence-corrected chi connectivity index (χ3v) is 5.08. The van der Waals surface area contributed by atoms with Gasteiger partial charge in [-0.1, -0.05) is 35.9 Å². The Morgan fingerprint density at radius 2 is 1.90 bits per heavy atom. The number of carbonyl (C=O) groups is 1. The molecule has 5 nitrogen and oxygen atoms in total. The first-order chi connectivity index (χ1) is 15.0. The van der Waals surface area contributed by atoms with Crippen molar-refractivity contribution in [1.29, 1.82) is 0 Å². The lowest BCUT2D eigenvalue weighted by atomic mass is 10.2. The zero-order chi connectivity index (χ0) is 22.2. The van der Waals surface area contributed by atoms with Crippen LogP contribution in [0.2, 0.25) is 5.02 Å². The molecule has 0 radical (unpaired) electrons. The number of nitrogens with zero attached hydrogens (tertiary/aromatic N) is 1. The molecule has 0 aromatic heterocycles. The van der Waals surface area contributed by atoms with Crippen LogP contribution in [0.3, 0.4) is 0 Å². The molecule has 0 fully saturated rings. The van der Waals surface area contributed by atoms with Gasteiger partial charge in [0, 0.05) is 16.9 Å². The normalized spacial score (nSPS) is 10.8. The number of para-hydroxylation sites is 1. The van der Waals surface area contributed by atoms with Gasteiger partial charge in [0.1, 0.15) is 0 Å². The highest BCUT2D eigenvalue weighted by atomic mass is 79.9. The van der Waals surface area contributed by atoms with E-state index >= 15 is 0 Å². The Morgan fingerprint density at radius 1 is 1.13 bits per heavy atom.